The van der Waals surface area contributed by atoms with Crippen molar-refractivity contribution < 1.29 is 9.59 Å². The third-order valence-corrected chi connectivity index (χ3v) is 6.19. The van der Waals surface area contributed by atoms with Crippen LogP contribution in [0.2, 0.25) is 5.02 Å². The number of thioether (sulfide) groups is 1. The zero-order chi connectivity index (χ0) is 23.1. The Morgan fingerprint density at radius 3 is 2.47 bits per heavy atom. The largest absolute Gasteiger partial charge is 0.342 e. The van der Waals surface area contributed by atoms with E-state index in [1.807, 2.05) is 42.7 Å². The fourth-order valence-corrected chi connectivity index (χ4v) is 4.19. The van der Waals surface area contributed by atoms with E-state index in [4.69, 9.17) is 11.6 Å². The first-order valence-electron chi connectivity index (χ1n) is 10.4. The zero-order valence-electron chi connectivity index (χ0n) is 18.3. The molecule has 3 aromatic rings. The van der Waals surface area contributed by atoms with Crippen molar-refractivity contribution >= 4 is 40.9 Å². The van der Waals surface area contributed by atoms with Crippen LogP contribution in [0.3, 0.4) is 0 Å². The van der Waals surface area contributed by atoms with E-state index < -0.39 is 0 Å². The van der Waals surface area contributed by atoms with Crippen molar-refractivity contribution in [1.29, 1.82) is 0 Å². The minimum atomic E-state index is -0.383. The maximum Gasteiger partial charge on any atom is 0.253 e. The summed E-state index contributed by atoms with van der Waals surface area (Å²) >= 11 is 7.43. The zero-order valence-corrected chi connectivity index (χ0v) is 19.8. The number of amides is 2. The van der Waals surface area contributed by atoms with Gasteiger partial charge in [-0.25, -0.2) is 0 Å². The van der Waals surface area contributed by atoms with Gasteiger partial charge in [0.25, 0.3) is 5.91 Å². The molecule has 7 nitrogen and oxygen atoms in total. The van der Waals surface area contributed by atoms with Crippen LogP contribution in [-0.4, -0.2) is 32.3 Å². The number of carbonyl (C=O) groups excluding carboxylic acids is 2. The van der Waals surface area contributed by atoms with Crippen LogP contribution in [0.4, 0.5) is 5.69 Å². The Hall–Kier alpha value is -2.84. The third kappa shape index (κ3) is 5.89. The smallest absolute Gasteiger partial charge is 0.253 e. The Bertz CT molecular complexity index is 1080. The van der Waals surface area contributed by atoms with Crippen LogP contribution >= 0.6 is 23.4 Å². The third-order valence-electron chi connectivity index (χ3n) is 4.89. The molecule has 1 heterocycles. The molecule has 1 aromatic heterocycles. The summed E-state index contributed by atoms with van der Waals surface area (Å²) in [6, 6.07) is 14.3. The number of anilines is 1. The summed E-state index contributed by atoms with van der Waals surface area (Å²) < 4.78 is 1.89. The highest BCUT2D eigenvalue weighted by Gasteiger charge is 2.21. The second kappa shape index (κ2) is 11.2. The Kier molecular flexibility index (Phi) is 8.30. The van der Waals surface area contributed by atoms with Gasteiger partial charge in [-0.1, -0.05) is 54.6 Å². The molecule has 0 bridgehead atoms. The molecule has 0 unspecified atom stereocenters. The molecule has 32 heavy (non-hydrogen) atoms. The summed E-state index contributed by atoms with van der Waals surface area (Å²) in [5.41, 5.74) is 2.39. The lowest BCUT2D eigenvalue weighted by Crippen LogP contribution is -2.29. The molecular weight excluding hydrogens is 446 g/mol. The molecule has 2 amide bonds. The molecule has 0 spiro atoms. The number of aromatic nitrogens is 3. The number of rotatable bonds is 9. The van der Waals surface area contributed by atoms with Crippen LogP contribution in [0, 0.1) is 0 Å². The summed E-state index contributed by atoms with van der Waals surface area (Å²) in [6.07, 6.45) is 0.955. The maximum atomic E-state index is 12.6. The number of hydrogen-bond donors (Lipinski definition) is 2. The van der Waals surface area contributed by atoms with Gasteiger partial charge in [-0.3, -0.25) is 9.59 Å². The molecule has 0 radical (unpaired) electrons. The van der Waals surface area contributed by atoms with Gasteiger partial charge in [0.05, 0.1) is 22.4 Å². The number of aryl methyl sites for hydroxylation is 1. The number of halogens is 1. The summed E-state index contributed by atoms with van der Waals surface area (Å²) in [7, 11) is 0. The summed E-state index contributed by atoms with van der Waals surface area (Å²) in [5.74, 6) is 0.419. The van der Waals surface area contributed by atoms with Crippen molar-refractivity contribution in [3.05, 3.63) is 70.5 Å². The van der Waals surface area contributed by atoms with E-state index in [1.54, 1.807) is 24.3 Å². The summed E-state index contributed by atoms with van der Waals surface area (Å²) in [5, 5.41) is 15.3. The van der Waals surface area contributed by atoms with Gasteiger partial charge in [0.2, 0.25) is 5.91 Å². The predicted molar refractivity (Wildman–Crippen MR) is 128 cm³/mol. The topological polar surface area (TPSA) is 88.9 Å². The first-order valence-corrected chi connectivity index (χ1v) is 11.8. The van der Waals surface area contributed by atoms with Crippen LogP contribution < -0.4 is 10.6 Å². The highest BCUT2D eigenvalue weighted by Crippen LogP contribution is 2.22. The van der Waals surface area contributed by atoms with Crippen LogP contribution in [-0.2, 0) is 17.8 Å². The van der Waals surface area contributed by atoms with E-state index in [2.05, 4.69) is 27.8 Å². The Labute approximate surface area is 197 Å². The minimum Gasteiger partial charge on any atom is -0.342 e. The first-order chi connectivity index (χ1) is 15.4. The van der Waals surface area contributed by atoms with Gasteiger partial charge >= 0.3 is 0 Å². The van der Waals surface area contributed by atoms with Crippen molar-refractivity contribution in [2.45, 2.75) is 44.9 Å². The number of nitrogens with one attached hydrogen (secondary N) is 2. The quantitative estimate of drug-likeness (QED) is 0.440. The average molecular weight is 472 g/mol. The van der Waals surface area contributed by atoms with Gasteiger partial charge in [0, 0.05) is 12.2 Å². The molecule has 0 aliphatic rings. The van der Waals surface area contributed by atoms with Crippen molar-refractivity contribution in [2.75, 3.05) is 11.1 Å². The van der Waals surface area contributed by atoms with Gasteiger partial charge < -0.3 is 15.2 Å². The van der Waals surface area contributed by atoms with E-state index in [-0.39, 0.29) is 23.6 Å². The van der Waals surface area contributed by atoms with E-state index in [9.17, 15) is 9.59 Å². The SMILES string of the molecule is CCc1ccc(NC(=O)CSc2nnc([C@H](C)NC(=O)c3ccccc3Cl)n2CC)cc1. The van der Waals surface area contributed by atoms with Crippen molar-refractivity contribution in [3.63, 3.8) is 0 Å². The first kappa shape index (κ1) is 23.8. The summed E-state index contributed by atoms with van der Waals surface area (Å²) in [6.45, 7) is 6.50. The van der Waals surface area contributed by atoms with Crippen molar-refractivity contribution in [1.82, 2.24) is 20.1 Å². The van der Waals surface area contributed by atoms with E-state index in [0.29, 0.717) is 28.1 Å². The highest BCUT2D eigenvalue weighted by atomic mass is 35.5. The lowest BCUT2D eigenvalue weighted by Gasteiger charge is -2.15. The van der Waals surface area contributed by atoms with Crippen LogP contribution in [0.25, 0.3) is 0 Å². The number of carbonyl (C=O) groups is 2. The van der Waals surface area contributed by atoms with Gasteiger partial charge in [-0.15, -0.1) is 10.2 Å². The molecule has 1 atom stereocenters. The molecule has 3 rings (SSSR count). The van der Waals surface area contributed by atoms with Crippen LogP contribution in [0.1, 0.15) is 48.6 Å². The van der Waals surface area contributed by atoms with Gasteiger partial charge in [0.1, 0.15) is 0 Å². The van der Waals surface area contributed by atoms with E-state index in [0.717, 1.165) is 12.1 Å². The maximum absolute atomic E-state index is 12.6. The minimum absolute atomic E-state index is 0.119. The Morgan fingerprint density at radius 2 is 1.81 bits per heavy atom. The fourth-order valence-electron chi connectivity index (χ4n) is 3.16. The molecule has 0 fully saturated rings. The molecule has 0 aliphatic carbocycles. The second-order valence-electron chi connectivity index (χ2n) is 7.15. The normalized spacial score (nSPS) is 11.8. The molecule has 2 N–H and O–H groups in total. The van der Waals surface area contributed by atoms with Gasteiger partial charge in [-0.05, 0) is 50.1 Å². The predicted octanol–water partition coefficient (Wildman–Crippen LogP) is 4.74. The monoisotopic (exact) mass is 471 g/mol. The lowest BCUT2D eigenvalue weighted by molar-refractivity contribution is -0.113. The highest BCUT2D eigenvalue weighted by molar-refractivity contribution is 7.99. The van der Waals surface area contributed by atoms with Crippen molar-refractivity contribution in [2.24, 2.45) is 0 Å². The molecule has 0 saturated heterocycles. The molecular formula is C23H26ClN5O2S. The van der Waals surface area contributed by atoms with Gasteiger partial charge in [-0.2, -0.15) is 0 Å². The van der Waals surface area contributed by atoms with Crippen LogP contribution in [0.5, 0.6) is 0 Å². The summed E-state index contributed by atoms with van der Waals surface area (Å²) in [4.78, 5) is 24.9. The van der Waals surface area contributed by atoms with Crippen LogP contribution in [0.15, 0.2) is 53.7 Å². The molecule has 0 saturated carbocycles. The van der Waals surface area contributed by atoms with E-state index in [1.165, 1.54) is 17.3 Å². The average Bonchev–Trinajstić information content (AvgIpc) is 3.21. The second-order valence-corrected chi connectivity index (χ2v) is 8.50. The number of hydrogen-bond acceptors (Lipinski definition) is 5. The molecule has 9 heteroatoms. The molecule has 2 aromatic carbocycles. The lowest BCUT2D eigenvalue weighted by atomic mass is 10.1. The molecule has 0 aliphatic heterocycles. The Morgan fingerprint density at radius 1 is 1.09 bits per heavy atom. The van der Waals surface area contributed by atoms with E-state index >= 15 is 0 Å². The Balaban J connectivity index is 1.61. The molecule has 168 valence electrons. The number of nitrogens with zero attached hydrogens (tertiary/aromatic N) is 3. The van der Waals surface area contributed by atoms with Gasteiger partial charge in [0.15, 0.2) is 11.0 Å². The fraction of sp³-hybridized carbons (Fsp3) is 0.304. The number of benzene rings is 2. The van der Waals surface area contributed by atoms with Crippen molar-refractivity contribution in [3.8, 4) is 0 Å². The standard InChI is InChI=1S/C23H26ClN5O2S/c1-4-16-10-12-17(13-11-16)26-20(30)14-32-23-28-27-21(29(23)5-2)15(3)25-22(31)18-8-6-7-9-19(18)24/h6-13,15H,4-5,14H2,1-3H3,(H,25,31)(H,26,30)/t15-/m0/s1.